The molecule has 0 aromatic rings. The van der Waals surface area contributed by atoms with Gasteiger partial charge in [0.2, 0.25) is 0 Å². The molecule has 0 aromatic heterocycles. The molecule has 0 heterocycles. The van der Waals surface area contributed by atoms with E-state index in [1.807, 2.05) is 0 Å². The van der Waals surface area contributed by atoms with E-state index in [1.165, 1.54) is 0 Å². The molecule has 0 aliphatic rings. The topological polar surface area (TPSA) is 66.8 Å². The Labute approximate surface area is 82.8 Å². The van der Waals surface area contributed by atoms with Crippen molar-refractivity contribution >= 4 is 37.8 Å². The molecule has 1 radical (unpaired) electrons. The maximum Gasteiger partial charge on any atom is 0.694 e. The Morgan fingerprint density at radius 1 is 1.70 bits per heavy atom. The largest absolute Gasteiger partial charge is 0.694 e. The molecular weight excluding hydrogens is 166 g/mol. The Morgan fingerprint density at radius 3 is 2.50 bits per heavy atom. The van der Waals surface area contributed by atoms with Crippen molar-refractivity contribution in [1.29, 1.82) is 0 Å². The third-order valence-electron chi connectivity index (χ3n) is 0.806. The molecule has 4 nitrogen and oxygen atoms in total. The fourth-order valence-electron chi connectivity index (χ4n) is 0.388. The van der Waals surface area contributed by atoms with Crippen molar-refractivity contribution in [3.63, 3.8) is 0 Å². The Morgan fingerprint density at radius 2 is 2.20 bits per heavy atom. The molecule has 2 N–H and O–H groups in total. The Bertz CT molecular complexity index is 99.3. The van der Waals surface area contributed by atoms with E-state index in [4.69, 9.17) is 10.00 Å². The molecule has 0 aromatic carbocycles. The molecule has 0 saturated heterocycles. The first-order valence-corrected chi connectivity index (χ1v) is 3.73. The van der Waals surface area contributed by atoms with Gasteiger partial charge in [-0.05, 0) is 6.92 Å². The van der Waals surface area contributed by atoms with Crippen LogP contribution in [-0.4, -0.2) is 52.3 Å². The summed E-state index contributed by atoms with van der Waals surface area (Å²) < 4.78 is 14.3. The molecule has 6 heteroatoms. The summed E-state index contributed by atoms with van der Waals surface area (Å²) in [7, 11) is -2.51. The monoisotopic (exact) mass is 176 g/mol. The molecule has 0 aliphatic heterocycles. The smallest absolute Gasteiger partial charge is 0.396 e. The molecule has 0 rings (SSSR count). The van der Waals surface area contributed by atoms with E-state index in [1.54, 1.807) is 6.92 Å². The number of hydrogen-bond acceptors (Lipinski definition) is 3. The zero-order chi connectivity index (χ0) is 7.28. The average molecular weight is 176 g/mol. The second-order valence-electron chi connectivity index (χ2n) is 1.67. The van der Waals surface area contributed by atoms with Crippen LogP contribution in [0.25, 0.3) is 0 Å². The van der Waals surface area contributed by atoms with Crippen LogP contribution in [0.5, 0.6) is 0 Å². The first-order valence-electron chi connectivity index (χ1n) is 2.60. The third-order valence-corrected chi connectivity index (χ3v) is 1.35. The van der Waals surface area contributed by atoms with Crippen molar-refractivity contribution in [3.05, 3.63) is 0 Å². The van der Waals surface area contributed by atoms with Crippen LogP contribution in [0.15, 0.2) is 0 Å². The first kappa shape index (κ1) is 13.6. The Balaban J connectivity index is 0. The molecule has 55 valence electrons. The quantitative estimate of drug-likeness (QED) is 0.469. The van der Waals surface area contributed by atoms with E-state index >= 15 is 0 Å². The van der Waals surface area contributed by atoms with Crippen LogP contribution in [-0.2, 0) is 9.09 Å². The van der Waals surface area contributed by atoms with E-state index in [-0.39, 0.29) is 42.3 Å². The summed E-state index contributed by atoms with van der Waals surface area (Å²) in [6, 6.07) is 0. The van der Waals surface area contributed by atoms with Gasteiger partial charge in [0.1, 0.15) is 6.10 Å². The van der Waals surface area contributed by atoms with Gasteiger partial charge in [-0.2, -0.15) is 0 Å². The first-order chi connectivity index (χ1) is 4.16. The van der Waals surface area contributed by atoms with Gasteiger partial charge >= 0.3 is 8.25 Å². The zero-order valence-electron chi connectivity index (χ0n) is 6.15. The molecule has 0 bridgehead atoms. The molecule has 2 atom stereocenters. The molecular formula is C4H10NaO4P+. The van der Waals surface area contributed by atoms with Gasteiger partial charge in [-0.3, -0.25) is 0 Å². The fourth-order valence-corrected chi connectivity index (χ4v) is 0.802. The van der Waals surface area contributed by atoms with E-state index in [9.17, 15) is 4.57 Å². The zero-order valence-corrected chi connectivity index (χ0v) is 9.04. The molecule has 0 aliphatic carbocycles. The van der Waals surface area contributed by atoms with Gasteiger partial charge in [-0.25, -0.2) is 0 Å². The molecule has 10 heavy (non-hydrogen) atoms. The summed E-state index contributed by atoms with van der Waals surface area (Å²) in [4.78, 5) is 8.15. The predicted molar refractivity (Wildman–Crippen MR) is 37.8 cm³/mol. The standard InChI is InChI=1S/C4H9O4P.Na/c1-4(2-3-5)8-9(6)7;/h4-5H,2-3H2,1H3;/p+1. The molecule has 2 unspecified atom stereocenters. The minimum absolute atomic E-state index is 0. The maximum absolute atomic E-state index is 9.93. The van der Waals surface area contributed by atoms with Crippen LogP contribution >= 0.6 is 8.25 Å². The Hall–Kier alpha value is 0.980. The normalized spacial score (nSPS) is 13.7. The Kier molecular flexibility index (Phi) is 11.0. The van der Waals surface area contributed by atoms with E-state index < -0.39 is 8.25 Å². The molecule has 0 fully saturated rings. The fraction of sp³-hybridized carbons (Fsp3) is 1.00. The van der Waals surface area contributed by atoms with Gasteiger partial charge < -0.3 is 5.11 Å². The second kappa shape index (κ2) is 8.08. The summed E-state index contributed by atoms with van der Waals surface area (Å²) in [5.74, 6) is 0. The maximum atomic E-state index is 9.93. The van der Waals surface area contributed by atoms with Crippen molar-refractivity contribution in [3.8, 4) is 0 Å². The van der Waals surface area contributed by atoms with E-state index in [0.717, 1.165) is 0 Å². The van der Waals surface area contributed by atoms with Crippen LogP contribution < -0.4 is 0 Å². The van der Waals surface area contributed by atoms with Crippen molar-refractivity contribution in [2.24, 2.45) is 0 Å². The van der Waals surface area contributed by atoms with Gasteiger partial charge in [0.05, 0.1) is 0 Å². The molecule has 0 saturated carbocycles. The SMILES string of the molecule is CC(CCO)O[P+](=O)O.[Na]. The summed E-state index contributed by atoms with van der Waals surface area (Å²) in [5, 5.41) is 8.29. The number of rotatable bonds is 4. The average Bonchev–Trinajstić information content (AvgIpc) is 1.63. The summed E-state index contributed by atoms with van der Waals surface area (Å²) in [6.45, 7) is 1.60. The predicted octanol–water partition coefficient (Wildman–Crippen LogP) is 0.0428. The number of aliphatic hydroxyl groups excluding tert-OH is 1. The van der Waals surface area contributed by atoms with Crippen LogP contribution in [0, 0.1) is 0 Å². The van der Waals surface area contributed by atoms with E-state index in [0.29, 0.717) is 6.42 Å². The van der Waals surface area contributed by atoms with Crippen LogP contribution in [0.3, 0.4) is 0 Å². The summed E-state index contributed by atoms with van der Waals surface area (Å²) in [6.07, 6.45) is 0.0466. The molecule has 0 amide bonds. The van der Waals surface area contributed by atoms with Gasteiger partial charge in [0, 0.05) is 47.2 Å². The minimum Gasteiger partial charge on any atom is -0.396 e. The molecule has 0 spiro atoms. The second-order valence-corrected chi connectivity index (χ2v) is 2.35. The van der Waals surface area contributed by atoms with E-state index in [2.05, 4.69) is 4.52 Å². The number of hydrogen-bond donors (Lipinski definition) is 2. The van der Waals surface area contributed by atoms with Crippen LogP contribution in [0.2, 0.25) is 0 Å². The van der Waals surface area contributed by atoms with Crippen molar-refractivity contribution in [1.82, 2.24) is 0 Å². The van der Waals surface area contributed by atoms with Crippen LogP contribution in [0.1, 0.15) is 13.3 Å². The van der Waals surface area contributed by atoms with Gasteiger partial charge in [0.15, 0.2) is 0 Å². The van der Waals surface area contributed by atoms with Crippen LogP contribution in [0.4, 0.5) is 0 Å². The van der Waals surface area contributed by atoms with Gasteiger partial charge in [-0.15, -0.1) is 9.42 Å². The van der Waals surface area contributed by atoms with Gasteiger partial charge in [0.25, 0.3) is 0 Å². The van der Waals surface area contributed by atoms with Crippen molar-refractivity contribution < 1.29 is 19.1 Å². The van der Waals surface area contributed by atoms with Crippen molar-refractivity contribution in [2.45, 2.75) is 19.4 Å². The summed E-state index contributed by atoms with van der Waals surface area (Å²) >= 11 is 0. The minimum atomic E-state index is -2.51. The van der Waals surface area contributed by atoms with Gasteiger partial charge in [-0.1, -0.05) is 0 Å². The summed E-state index contributed by atoms with van der Waals surface area (Å²) in [5.41, 5.74) is 0. The number of aliphatic hydroxyl groups is 1. The van der Waals surface area contributed by atoms with Crippen molar-refractivity contribution in [2.75, 3.05) is 6.61 Å². The third kappa shape index (κ3) is 8.98.